The third-order valence-corrected chi connectivity index (χ3v) is 6.97. The van der Waals surface area contributed by atoms with Crippen molar-refractivity contribution < 1.29 is 0 Å². The summed E-state index contributed by atoms with van der Waals surface area (Å²) >= 11 is 3.17. The van der Waals surface area contributed by atoms with E-state index in [9.17, 15) is 0 Å². The molecule has 27 heavy (non-hydrogen) atoms. The van der Waals surface area contributed by atoms with Crippen molar-refractivity contribution in [2.75, 3.05) is 0 Å². The number of nitrogens with one attached hydrogen (secondary N) is 1. The highest BCUT2D eigenvalue weighted by atomic mass is 32.1. The van der Waals surface area contributed by atoms with Crippen LogP contribution < -0.4 is 0 Å². The van der Waals surface area contributed by atoms with Crippen molar-refractivity contribution in [1.29, 1.82) is 0 Å². The summed E-state index contributed by atoms with van der Waals surface area (Å²) in [5, 5.41) is 2.17. The molecule has 0 aliphatic heterocycles. The van der Waals surface area contributed by atoms with Gasteiger partial charge in [0.15, 0.2) is 0 Å². The molecule has 0 amide bonds. The zero-order valence-corrected chi connectivity index (χ0v) is 18.8. The molecule has 0 aliphatic carbocycles. The molecule has 4 nitrogen and oxygen atoms in total. The molecule has 0 radical (unpaired) electrons. The van der Waals surface area contributed by atoms with E-state index in [0.717, 1.165) is 25.1 Å². The molecular weight excluding hydrogens is 372 g/mol. The lowest BCUT2D eigenvalue weighted by molar-refractivity contribution is 0.371. The number of aromatic amines is 1. The summed E-state index contributed by atoms with van der Waals surface area (Å²) in [5.41, 5.74) is 2.72. The molecule has 6 heteroatoms. The van der Waals surface area contributed by atoms with Gasteiger partial charge in [0, 0.05) is 39.7 Å². The van der Waals surface area contributed by atoms with Gasteiger partial charge in [-0.2, -0.15) is 4.37 Å². The fraction of sp³-hybridized carbons (Fsp3) is 0.571. The maximum absolute atomic E-state index is 4.82. The normalized spacial score (nSPS) is 13.3. The molecule has 0 aliphatic rings. The minimum atomic E-state index is -0.0224. The van der Waals surface area contributed by atoms with Gasteiger partial charge in [0.25, 0.3) is 0 Å². The highest BCUT2D eigenvalue weighted by molar-refractivity contribution is 7.05. The van der Waals surface area contributed by atoms with Crippen LogP contribution in [-0.4, -0.2) is 18.7 Å². The van der Waals surface area contributed by atoms with E-state index in [0.29, 0.717) is 0 Å². The topological polar surface area (TPSA) is 54.5 Å². The molecule has 0 saturated carbocycles. The number of H-pyrrole nitrogens is 1. The third-order valence-electron chi connectivity index (χ3n) is 5.60. The van der Waals surface area contributed by atoms with Gasteiger partial charge >= 0.3 is 0 Å². The Kier molecular flexibility index (Phi) is 5.59. The molecule has 0 saturated heterocycles. The summed E-state index contributed by atoms with van der Waals surface area (Å²) in [7, 11) is 0. The minimum absolute atomic E-state index is 0.0224. The van der Waals surface area contributed by atoms with Crippen molar-refractivity contribution in [2.24, 2.45) is 0 Å². The van der Waals surface area contributed by atoms with Crippen LogP contribution in [0.3, 0.4) is 0 Å². The Morgan fingerprint density at radius 2 is 1.74 bits per heavy atom. The summed E-state index contributed by atoms with van der Waals surface area (Å²) < 4.78 is 9.09. The summed E-state index contributed by atoms with van der Waals surface area (Å²) in [4.78, 5) is 9.02. The number of aromatic nitrogens is 4. The fourth-order valence-corrected chi connectivity index (χ4v) is 5.14. The highest BCUT2D eigenvalue weighted by Crippen LogP contribution is 2.37. The van der Waals surface area contributed by atoms with Gasteiger partial charge in [-0.25, -0.2) is 9.36 Å². The van der Waals surface area contributed by atoms with E-state index >= 15 is 0 Å². The molecule has 0 spiro atoms. The first-order chi connectivity index (χ1) is 12.6. The summed E-state index contributed by atoms with van der Waals surface area (Å²) in [6, 6.07) is 2.30. The van der Waals surface area contributed by atoms with Crippen LogP contribution in [0.25, 0.3) is 0 Å². The second-order valence-electron chi connectivity index (χ2n) is 9.36. The largest absolute Gasteiger partial charge is 0.348 e. The number of hydrogen-bond acceptors (Lipinski definition) is 5. The van der Waals surface area contributed by atoms with Crippen molar-refractivity contribution in [3.8, 4) is 0 Å². The van der Waals surface area contributed by atoms with Gasteiger partial charge in [0.2, 0.25) is 0 Å². The predicted octanol–water partition coefficient (Wildman–Crippen LogP) is 5.88. The smallest absolute Gasteiger partial charge is 0.112 e. The monoisotopic (exact) mass is 402 g/mol. The Labute approximate surface area is 170 Å². The Hall–Kier alpha value is -1.53. The predicted molar refractivity (Wildman–Crippen MR) is 115 cm³/mol. The van der Waals surface area contributed by atoms with Gasteiger partial charge < -0.3 is 4.98 Å². The molecular formula is C21H30N4S2. The minimum Gasteiger partial charge on any atom is -0.348 e. The van der Waals surface area contributed by atoms with E-state index in [1.165, 1.54) is 27.7 Å². The Morgan fingerprint density at radius 1 is 1.00 bits per heavy atom. The molecule has 0 bridgehead atoms. The zero-order valence-electron chi connectivity index (χ0n) is 17.2. The van der Waals surface area contributed by atoms with Crippen molar-refractivity contribution in [3.63, 3.8) is 0 Å². The van der Waals surface area contributed by atoms with Crippen LogP contribution in [0, 0.1) is 0 Å². The molecule has 3 aromatic rings. The first kappa shape index (κ1) is 20.2. The van der Waals surface area contributed by atoms with E-state index in [4.69, 9.17) is 4.37 Å². The van der Waals surface area contributed by atoms with Gasteiger partial charge in [-0.05, 0) is 59.4 Å². The second kappa shape index (κ2) is 7.47. The van der Waals surface area contributed by atoms with Crippen LogP contribution >= 0.6 is 23.1 Å². The quantitative estimate of drug-likeness (QED) is 0.512. The van der Waals surface area contributed by atoms with Gasteiger partial charge in [-0.1, -0.05) is 41.5 Å². The summed E-state index contributed by atoms with van der Waals surface area (Å²) in [6.45, 7) is 13.7. The van der Waals surface area contributed by atoms with Crippen LogP contribution in [0.1, 0.15) is 76.3 Å². The summed E-state index contributed by atoms with van der Waals surface area (Å²) in [6.07, 6.45) is 8.88. The Bertz CT molecular complexity index is 843. The summed E-state index contributed by atoms with van der Waals surface area (Å²) in [5.74, 6) is 1.03. The number of imidazole rings is 1. The van der Waals surface area contributed by atoms with Gasteiger partial charge in [-0.3, -0.25) is 0 Å². The van der Waals surface area contributed by atoms with Crippen LogP contribution in [0.2, 0.25) is 0 Å². The molecule has 0 aromatic carbocycles. The Balaban J connectivity index is 1.67. The fourth-order valence-electron chi connectivity index (χ4n) is 3.31. The first-order valence-electron chi connectivity index (χ1n) is 9.46. The molecule has 3 heterocycles. The lowest BCUT2D eigenvalue weighted by Crippen LogP contribution is -2.24. The maximum atomic E-state index is 4.82. The standard InChI is InChI=1S/C21H30N4S2/c1-19(2,15-13-24-26-14-15)7-8-20(3,4)17-11-16(27-25-17)12-21(5,6)18-22-9-10-23-18/h9-11,13-14H,7-8,12H2,1-6H3,(H,22,23). The first-order valence-corrected chi connectivity index (χ1v) is 11.1. The second-order valence-corrected chi connectivity index (χ2v) is 10.9. The van der Waals surface area contributed by atoms with E-state index in [1.807, 2.05) is 18.6 Å². The van der Waals surface area contributed by atoms with Crippen LogP contribution in [0.4, 0.5) is 0 Å². The molecule has 3 rings (SSSR count). The van der Waals surface area contributed by atoms with Gasteiger partial charge in [-0.15, -0.1) is 0 Å². The number of rotatable bonds is 8. The molecule has 3 aromatic heterocycles. The SMILES string of the molecule is CC(C)(CCC(C)(C)c1cc(CC(C)(C)c2ncc[nH]2)sn1)c1cnsc1. The highest BCUT2D eigenvalue weighted by Gasteiger charge is 2.31. The van der Waals surface area contributed by atoms with Crippen molar-refractivity contribution in [3.05, 3.63) is 52.0 Å². The van der Waals surface area contributed by atoms with Crippen molar-refractivity contribution >= 4 is 23.1 Å². The number of nitrogens with zero attached hydrogens (tertiary/aromatic N) is 3. The van der Waals surface area contributed by atoms with E-state index in [-0.39, 0.29) is 16.2 Å². The Morgan fingerprint density at radius 3 is 2.37 bits per heavy atom. The zero-order chi connectivity index (χ0) is 19.7. The van der Waals surface area contributed by atoms with Gasteiger partial charge in [0.05, 0.1) is 5.69 Å². The molecule has 0 atom stereocenters. The van der Waals surface area contributed by atoms with Crippen molar-refractivity contribution in [1.82, 2.24) is 18.7 Å². The van der Waals surface area contributed by atoms with Crippen LogP contribution in [-0.2, 0) is 22.7 Å². The number of hydrogen-bond donors (Lipinski definition) is 1. The lowest BCUT2D eigenvalue weighted by Gasteiger charge is -2.29. The average molecular weight is 403 g/mol. The average Bonchev–Trinajstić information content (AvgIpc) is 3.32. The van der Waals surface area contributed by atoms with Crippen molar-refractivity contribution in [2.45, 2.75) is 77.0 Å². The molecule has 0 unspecified atom stereocenters. The van der Waals surface area contributed by atoms with Crippen LogP contribution in [0.15, 0.2) is 30.0 Å². The maximum Gasteiger partial charge on any atom is 0.112 e. The third kappa shape index (κ3) is 4.66. The molecule has 0 fully saturated rings. The van der Waals surface area contributed by atoms with E-state index in [1.54, 1.807) is 11.5 Å². The molecule has 1 N–H and O–H groups in total. The van der Waals surface area contributed by atoms with E-state index < -0.39 is 0 Å². The van der Waals surface area contributed by atoms with E-state index in [2.05, 4.69) is 67.3 Å². The molecule has 146 valence electrons. The van der Waals surface area contributed by atoms with Gasteiger partial charge in [0.1, 0.15) is 5.82 Å². The van der Waals surface area contributed by atoms with Crippen LogP contribution in [0.5, 0.6) is 0 Å². The lowest BCUT2D eigenvalue weighted by atomic mass is 9.75.